The summed E-state index contributed by atoms with van der Waals surface area (Å²) in [6, 6.07) is 1.93. The average Bonchev–Trinajstić information content (AvgIpc) is 2.82. The van der Waals surface area contributed by atoms with E-state index in [1.54, 1.807) is 11.3 Å². The van der Waals surface area contributed by atoms with E-state index in [2.05, 4.69) is 0 Å². The van der Waals surface area contributed by atoms with Crippen molar-refractivity contribution in [3.8, 4) is 0 Å². The van der Waals surface area contributed by atoms with Gasteiger partial charge in [-0.15, -0.1) is 11.3 Å². The number of nitrogens with two attached hydrogens (primary N) is 1. The molecule has 1 amide bonds. The Hall–Kier alpha value is -1.03. The van der Waals surface area contributed by atoms with Crippen molar-refractivity contribution in [2.75, 3.05) is 12.8 Å². The minimum Gasteiger partial charge on any atom is -0.398 e. The summed E-state index contributed by atoms with van der Waals surface area (Å²) in [5.74, 6) is 2.84. The SMILES string of the molecule is CN(Cc1sccc1N)C(=O)C12CC3CC(CC(C3)C1)C2. The second-order valence-corrected chi connectivity index (χ2v) is 8.66. The maximum atomic E-state index is 13.1. The maximum Gasteiger partial charge on any atom is 0.228 e. The van der Waals surface area contributed by atoms with E-state index in [-0.39, 0.29) is 5.41 Å². The fourth-order valence-corrected chi connectivity index (χ4v) is 6.39. The number of nitrogen functional groups attached to an aromatic ring is 1. The van der Waals surface area contributed by atoms with E-state index in [1.165, 1.54) is 19.3 Å². The summed E-state index contributed by atoms with van der Waals surface area (Å²) in [5.41, 5.74) is 6.76. The number of amides is 1. The highest BCUT2D eigenvalue weighted by Gasteiger charge is 2.55. The topological polar surface area (TPSA) is 46.3 Å². The molecular formula is C17H24N2OS. The first-order valence-electron chi connectivity index (χ1n) is 8.13. The zero-order valence-corrected chi connectivity index (χ0v) is 13.5. The van der Waals surface area contributed by atoms with Crippen LogP contribution >= 0.6 is 11.3 Å². The Bertz CT molecular complexity index is 530. The standard InChI is InChI=1S/C17H24N2OS/c1-19(10-15-14(18)2-3-21-15)16(20)17-7-11-4-12(8-17)6-13(5-11)9-17/h2-3,11-13H,4-10,18H2,1H3. The molecule has 114 valence electrons. The van der Waals surface area contributed by atoms with Gasteiger partial charge >= 0.3 is 0 Å². The molecule has 1 aromatic rings. The number of thiophene rings is 1. The third kappa shape index (κ3) is 2.19. The number of rotatable bonds is 3. The van der Waals surface area contributed by atoms with Crippen LogP contribution in [0.1, 0.15) is 43.4 Å². The zero-order valence-electron chi connectivity index (χ0n) is 12.7. The quantitative estimate of drug-likeness (QED) is 0.929. The third-order valence-electron chi connectivity index (χ3n) is 6.00. The zero-order chi connectivity index (χ0) is 14.6. The molecule has 4 bridgehead atoms. The third-order valence-corrected chi connectivity index (χ3v) is 6.92. The van der Waals surface area contributed by atoms with Crippen molar-refractivity contribution < 1.29 is 4.79 Å². The molecule has 0 saturated heterocycles. The van der Waals surface area contributed by atoms with E-state index >= 15 is 0 Å². The van der Waals surface area contributed by atoms with Gasteiger partial charge in [-0.1, -0.05) is 0 Å². The normalized spacial score (nSPS) is 36.9. The van der Waals surface area contributed by atoms with Crippen LogP contribution in [0.4, 0.5) is 5.69 Å². The van der Waals surface area contributed by atoms with Gasteiger partial charge in [-0.3, -0.25) is 4.79 Å². The van der Waals surface area contributed by atoms with Crippen molar-refractivity contribution in [2.24, 2.45) is 23.2 Å². The molecule has 3 nitrogen and oxygen atoms in total. The van der Waals surface area contributed by atoms with E-state index < -0.39 is 0 Å². The fraction of sp³-hybridized carbons (Fsp3) is 0.706. The van der Waals surface area contributed by atoms with Crippen molar-refractivity contribution in [1.82, 2.24) is 4.90 Å². The van der Waals surface area contributed by atoms with Crippen LogP contribution in [-0.4, -0.2) is 17.9 Å². The van der Waals surface area contributed by atoms with Crippen LogP contribution < -0.4 is 5.73 Å². The predicted octanol–water partition coefficient (Wildman–Crippen LogP) is 3.51. The molecule has 0 radical (unpaired) electrons. The van der Waals surface area contributed by atoms with Gasteiger partial charge in [0.05, 0.1) is 12.0 Å². The highest BCUT2D eigenvalue weighted by Crippen LogP contribution is 2.60. The van der Waals surface area contributed by atoms with E-state index in [1.807, 2.05) is 23.4 Å². The molecule has 4 fully saturated rings. The molecule has 21 heavy (non-hydrogen) atoms. The monoisotopic (exact) mass is 304 g/mol. The Morgan fingerprint density at radius 3 is 2.33 bits per heavy atom. The summed E-state index contributed by atoms with van der Waals surface area (Å²) in [6.45, 7) is 0.671. The number of carbonyl (C=O) groups is 1. The second-order valence-electron chi connectivity index (χ2n) is 7.66. The van der Waals surface area contributed by atoms with Gasteiger partial charge in [0.15, 0.2) is 0 Å². The number of hydrogen-bond donors (Lipinski definition) is 1. The van der Waals surface area contributed by atoms with Gasteiger partial charge in [0.25, 0.3) is 0 Å². The molecule has 0 atom stereocenters. The molecule has 0 unspecified atom stereocenters. The smallest absolute Gasteiger partial charge is 0.228 e. The van der Waals surface area contributed by atoms with Crippen LogP contribution in [0.15, 0.2) is 11.4 Å². The highest BCUT2D eigenvalue weighted by atomic mass is 32.1. The largest absolute Gasteiger partial charge is 0.398 e. The minimum atomic E-state index is -0.0322. The van der Waals surface area contributed by atoms with Gasteiger partial charge in [0.2, 0.25) is 5.91 Å². The predicted molar refractivity (Wildman–Crippen MR) is 85.8 cm³/mol. The van der Waals surface area contributed by atoms with Crippen LogP contribution in [0, 0.1) is 23.2 Å². The van der Waals surface area contributed by atoms with Gasteiger partial charge in [0.1, 0.15) is 0 Å². The van der Waals surface area contributed by atoms with E-state index in [0.717, 1.165) is 47.6 Å². The molecule has 4 aliphatic rings. The lowest BCUT2D eigenvalue weighted by Crippen LogP contribution is -2.53. The summed E-state index contributed by atoms with van der Waals surface area (Å²) in [5, 5.41) is 2.01. The van der Waals surface area contributed by atoms with E-state index in [4.69, 9.17) is 5.73 Å². The number of carbonyl (C=O) groups excluding carboxylic acids is 1. The molecule has 0 spiro atoms. The first-order chi connectivity index (χ1) is 10.1. The van der Waals surface area contributed by atoms with Crippen LogP contribution in [0.3, 0.4) is 0 Å². The number of anilines is 1. The minimum absolute atomic E-state index is 0.0322. The molecule has 2 N–H and O–H groups in total. The van der Waals surface area contributed by atoms with Crippen molar-refractivity contribution in [3.63, 3.8) is 0 Å². The first-order valence-corrected chi connectivity index (χ1v) is 9.01. The molecular weight excluding hydrogens is 280 g/mol. The Balaban J connectivity index is 1.53. The van der Waals surface area contributed by atoms with Crippen molar-refractivity contribution in [2.45, 2.75) is 45.1 Å². The lowest BCUT2D eigenvalue weighted by molar-refractivity contribution is -0.156. The molecule has 0 aromatic carbocycles. The van der Waals surface area contributed by atoms with E-state index in [9.17, 15) is 4.79 Å². The lowest BCUT2D eigenvalue weighted by atomic mass is 9.49. The lowest BCUT2D eigenvalue weighted by Gasteiger charge is -2.56. The van der Waals surface area contributed by atoms with Gasteiger partial charge in [0, 0.05) is 17.6 Å². The molecule has 1 aromatic heterocycles. The number of nitrogens with zero attached hydrogens (tertiary/aromatic N) is 1. The maximum absolute atomic E-state index is 13.1. The molecule has 4 heteroatoms. The van der Waals surface area contributed by atoms with E-state index in [0.29, 0.717) is 12.5 Å². The van der Waals surface area contributed by atoms with Gasteiger partial charge in [-0.25, -0.2) is 0 Å². The molecule has 1 heterocycles. The van der Waals surface area contributed by atoms with Crippen LogP contribution in [-0.2, 0) is 11.3 Å². The van der Waals surface area contributed by atoms with Crippen LogP contribution in [0.25, 0.3) is 0 Å². The molecule has 4 aliphatic carbocycles. The Morgan fingerprint density at radius 2 is 1.86 bits per heavy atom. The summed E-state index contributed by atoms with van der Waals surface area (Å²) in [7, 11) is 1.96. The summed E-state index contributed by atoms with van der Waals surface area (Å²) in [6.07, 6.45) is 7.57. The van der Waals surface area contributed by atoms with Crippen molar-refractivity contribution >= 4 is 22.9 Å². The highest BCUT2D eigenvalue weighted by molar-refractivity contribution is 7.10. The van der Waals surface area contributed by atoms with Gasteiger partial charge < -0.3 is 10.6 Å². The summed E-state index contributed by atoms with van der Waals surface area (Å²) in [4.78, 5) is 16.2. The molecule has 4 saturated carbocycles. The Labute approximate surface area is 130 Å². The van der Waals surface area contributed by atoms with Crippen molar-refractivity contribution in [1.29, 1.82) is 0 Å². The Morgan fingerprint density at radius 1 is 1.29 bits per heavy atom. The summed E-state index contributed by atoms with van der Waals surface area (Å²) >= 11 is 1.65. The van der Waals surface area contributed by atoms with Crippen LogP contribution in [0.2, 0.25) is 0 Å². The van der Waals surface area contributed by atoms with Gasteiger partial charge in [-0.2, -0.15) is 0 Å². The average molecular weight is 304 g/mol. The molecule has 5 rings (SSSR count). The summed E-state index contributed by atoms with van der Waals surface area (Å²) < 4.78 is 0. The molecule has 0 aliphatic heterocycles. The van der Waals surface area contributed by atoms with Gasteiger partial charge in [-0.05, 0) is 67.7 Å². The Kier molecular flexibility index (Phi) is 3.07. The van der Waals surface area contributed by atoms with Crippen molar-refractivity contribution in [3.05, 3.63) is 16.3 Å². The fourth-order valence-electron chi connectivity index (χ4n) is 5.54. The first kappa shape index (κ1) is 13.6. The van der Waals surface area contributed by atoms with Crippen LogP contribution in [0.5, 0.6) is 0 Å². The number of hydrogen-bond acceptors (Lipinski definition) is 3. The second kappa shape index (κ2) is 4.73.